The van der Waals surface area contributed by atoms with Gasteiger partial charge in [-0.3, -0.25) is 4.79 Å². The van der Waals surface area contributed by atoms with Gasteiger partial charge >= 0.3 is 5.97 Å². The number of carbonyl (C=O) groups is 1. The summed E-state index contributed by atoms with van der Waals surface area (Å²) in [5, 5.41) is 18.4. The Balaban J connectivity index is 4.18. The van der Waals surface area contributed by atoms with E-state index in [1.807, 2.05) is 0 Å². The standard InChI is InChI=1S/C9H18O4/c1-4-7(9(11)12)8(10)6(2)5-13-3/h6-8,10H,4-5H2,1-3H3,(H,11,12). The topological polar surface area (TPSA) is 66.8 Å². The Hall–Kier alpha value is -0.610. The predicted molar refractivity (Wildman–Crippen MR) is 48.5 cm³/mol. The zero-order valence-corrected chi connectivity index (χ0v) is 8.36. The molecule has 0 aromatic heterocycles. The highest BCUT2D eigenvalue weighted by atomic mass is 16.5. The van der Waals surface area contributed by atoms with Crippen LogP contribution in [0, 0.1) is 11.8 Å². The van der Waals surface area contributed by atoms with Crippen molar-refractivity contribution in [1.29, 1.82) is 0 Å². The predicted octanol–water partition coefficient (Wildman–Crippen LogP) is 0.741. The van der Waals surface area contributed by atoms with E-state index in [1.54, 1.807) is 13.8 Å². The molecule has 13 heavy (non-hydrogen) atoms. The van der Waals surface area contributed by atoms with Crippen LogP contribution in [-0.2, 0) is 9.53 Å². The van der Waals surface area contributed by atoms with Crippen molar-refractivity contribution >= 4 is 5.97 Å². The molecule has 3 unspecified atom stereocenters. The van der Waals surface area contributed by atoms with E-state index < -0.39 is 18.0 Å². The third-order valence-corrected chi connectivity index (χ3v) is 2.18. The van der Waals surface area contributed by atoms with Gasteiger partial charge in [0.05, 0.1) is 18.6 Å². The van der Waals surface area contributed by atoms with E-state index in [1.165, 1.54) is 7.11 Å². The number of hydrogen-bond acceptors (Lipinski definition) is 3. The summed E-state index contributed by atoms with van der Waals surface area (Å²) in [5.74, 6) is -1.78. The van der Waals surface area contributed by atoms with Crippen LogP contribution in [0.25, 0.3) is 0 Å². The molecule has 2 N–H and O–H groups in total. The highest BCUT2D eigenvalue weighted by Gasteiger charge is 2.28. The van der Waals surface area contributed by atoms with Crippen LogP contribution in [0.15, 0.2) is 0 Å². The number of ether oxygens (including phenoxy) is 1. The molecular weight excluding hydrogens is 172 g/mol. The molecule has 0 bridgehead atoms. The van der Waals surface area contributed by atoms with Crippen LogP contribution in [0.2, 0.25) is 0 Å². The maximum atomic E-state index is 10.7. The maximum absolute atomic E-state index is 10.7. The molecule has 0 aromatic rings. The van der Waals surface area contributed by atoms with Gasteiger partial charge in [0.2, 0.25) is 0 Å². The summed E-state index contributed by atoms with van der Waals surface area (Å²) >= 11 is 0. The van der Waals surface area contributed by atoms with Gasteiger partial charge in [0.25, 0.3) is 0 Å². The summed E-state index contributed by atoms with van der Waals surface area (Å²) < 4.78 is 4.85. The molecule has 0 aromatic carbocycles. The van der Waals surface area contributed by atoms with E-state index in [9.17, 15) is 9.90 Å². The van der Waals surface area contributed by atoms with E-state index in [-0.39, 0.29) is 5.92 Å². The fraction of sp³-hybridized carbons (Fsp3) is 0.889. The van der Waals surface area contributed by atoms with Gasteiger partial charge in [0.1, 0.15) is 0 Å². The molecule has 4 heteroatoms. The molecular formula is C9H18O4. The molecule has 0 aliphatic rings. The van der Waals surface area contributed by atoms with Crippen LogP contribution in [-0.4, -0.2) is 36.0 Å². The second kappa shape index (κ2) is 5.94. The Morgan fingerprint density at radius 1 is 1.54 bits per heavy atom. The number of aliphatic hydroxyl groups is 1. The normalized spacial score (nSPS) is 17.8. The summed E-state index contributed by atoms with van der Waals surface area (Å²) in [6.07, 6.45) is -0.396. The van der Waals surface area contributed by atoms with Gasteiger partial charge < -0.3 is 14.9 Å². The van der Waals surface area contributed by atoms with Gasteiger partial charge in [0.15, 0.2) is 0 Å². The highest BCUT2D eigenvalue weighted by Crippen LogP contribution is 2.17. The number of methoxy groups -OCH3 is 1. The van der Waals surface area contributed by atoms with E-state index >= 15 is 0 Å². The quantitative estimate of drug-likeness (QED) is 0.648. The molecule has 0 amide bonds. The van der Waals surface area contributed by atoms with Crippen molar-refractivity contribution in [3.63, 3.8) is 0 Å². The van der Waals surface area contributed by atoms with Crippen molar-refractivity contribution in [2.45, 2.75) is 26.4 Å². The van der Waals surface area contributed by atoms with Gasteiger partial charge in [0, 0.05) is 13.0 Å². The van der Waals surface area contributed by atoms with Crippen molar-refractivity contribution in [2.24, 2.45) is 11.8 Å². The van der Waals surface area contributed by atoms with Gasteiger partial charge in [-0.15, -0.1) is 0 Å². The molecule has 3 atom stereocenters. The van der Waals surface area contributed by atoms with E-state index in [2.05, 4.69) is 0 Å². The van der Waals surface area contributed by atoms with Crippen molar-refractivity contribution in [3.05, 3.63) is 0 Å². The summed E-state index contributed by atoms with van der Waals surface area (Å²) in [6.45, 7) is 3.91. The Kier molecular flexibility index (Phi) is 5.66. The molecule has 0 aliphatic heterocycles. The SMILES string of the molecule is CCC(C(=O)O)C(O)C(C)COC. The van der Waals surface area contributed by atoms with Gasteiger partial charge in [-0.2, -0.15) is 0 Å². The first-order chi connectivity index (χ1) is 6.04. The first kappa shape index (κ1) is 12.4. The Labute approximate surface area is 78.5 Å². The van der Waals surface area contributed by atoms with E-state index in [4.69, 9.17) is 9.84 Å². The molecule has 0 radical (unpaired) electrons. The third kappa shape index (κ3) is 3.74. The Morgan fingerprint density at radius 3 is 2.38 bits per heavy atom. The van der Waals surface area contributed by atoms with Gasteiger partial charge in [-0.05, 0) is 6.42 Å². The number of rotatable bonds is 6. The van der Waals surface area contributed by atoms with Crippen LogP contribution >= 0.6 is 0 Å². The van der Waals surface area contributed by atoms with Crippen molar-refractivity contribution in [2.75, 3.05) is 13.7 Å². The van der Waals surface area contributed by atoms with E-state index in [0.29, 0.717) is 13.0 Å². The van der Waals surface area contributed by atoms with Crippen LogP contribution in [0.1, 0.15) is 20.3 Å². The Morgan fingerprint density at radius 2 is 2.08 bits per heavy atom. The lowest BCUT2D eigenvalue weighted by Crippen LogP contribution is -2.34. The smallest absolute Gasteiger partial charge is 0.309 e. The lowest BCUT2D eigenvalue weighted by atomic mass is 9.91. The minimum atomic E-state index is -0.946. The zero-order chi connectivity index (χ0) is 10.4. The van der Waals surface area contributed by atoms with Gasteiger partial charge in [-0.1, -0.05) is 13.8 Å². The lowest BCUT2D eigenvalue weighted by molar-refractivity contribution is -0.147. The molecule has 78 valence electrons. The fourth-order valence-corrected chi connectivity index (χ4v) is 1.32. The van der Waals surface area contributed by atoms with Crippen molar-refractivity contribution in [3.8, 4) is 0 Å². The van der Waals surface area contributed by atoms with Crippen molar-refractivity contribution < 1.29 is 19.7 Å². The van der Waals surface area contributed by atoms with E-state index in [0.717, 1.165) is 0 Å². The molecule has 4 nitrogen and oxygen atoms in total. The number of carboxylic acids is 1. The van der Waals surface area contributed by atoms with Crippen LogP contribution in [0.4, 0.5) is 0 Å². The van der Waals surface area contributed by atoms with Crippen molar-refractivity contribution in [1.82, 2.24) is 0 Å². The van der Waals surface area contributed by atoms with Gasteiger partial charge in [-0.25, -0.2) is 0 Å². The van der Waals surface area contributed by atoms with Crippen LogP contribution in [0.5, 0.6) is 0 Å². The summed E-state index contributed by atoms with van der Waals surface area (Å²) in [4.78, 5) is 10.7. The molecule has 0 rings (SSSR count). The average molecular weight is 190 g/mol. The number of aliphatic hydroxyl groups excluding tert-OH is 1. The minimum Gasteiger partial charge on any atom is -0.481 e. The summed E-state index contributed by atoms with van der Waals surface area (Å²) in [5.41, 5.74) is 0. The largest absolute Gasteiger partial charge is 0.481 e. The molecule has 0 aliphatic carbocycles. The number of aliphatic carboxylic acids is 1. The molecule has 0 heterocycles. The molecule has 0 fully saturated rings. The second-order valence-corrected chi connectivity index (χ2v) is 3.28. The molecule has 0 saturated heterocycles. The minimum absolute atomic E-state index is 0.147. The summed E-state index contributed by atoms with van der Waals surface area (Å²) in [6, 6.07) is 0. The first-order valence-electron chi connectivity index (χ1n) is 4.44. The average Bonchev–Trinajstić information content (AvgIpc) is 2.05. The first-order valence-corrected chi connectivity index (χ1v) is 4.44. The second-order valence-electron chi connectivity index (χ2n) is 3.28. The zero-order valence-electron chi connectivity index (χ0n) is 8.36. The number of hydrogen-bond donors (Lipinski definition) is 2. The lowest BCUT2D eigenvalue weighted by Gasteiger charge is -2.23. The highest BCUT2D eigenvalue weighted by molar-refractivity contribution is 5.70. The Bertz CT molecular complexity index is 158. The van der Waals surface area contributed by atoms with Crippen LogP contribution < -0.4 is 0 Å². The number of carboxylic acid groups (broad SMARTS) is 1. The summed E-state index contributed by atoms with van der Waals surface area (Å²) in [7, 11) is 1.53. The maximum Gasteiger partial charge on any atom is 0.309 e. The third-order valence-electron chi connectivity index (χ3n) is 2.18. The van der Waals surface area contributed by atoms with Crippen LogP contribution in [0.3, 0.4) is 0 Å². The molecule has 0 saturated carbocycles. The monoisotopic (exact) mass is 190 g/mol. The fourth-order valence-electron chi connectivity index (χ4n) is 1.32. The molecule has 0 spiro atoms.